The number of aromatic nitrogens is 3. The summed E-state index contributed by atoms with van der Waals surface area (Å²) in [4.78, 5) is 56.1. The molecule has 3 heterocycles. The van der Waals surface area contributed by atoms with Crippen LogP contribution in [-0.2, 0) is 62.0 Å². The molecule has 0 bridgehead atoms. The van der Waals surface area contributed by atoms with Crippen LogP contribution in [0.1, 0.15) is 93.2 Å². The number of rotatable bonds is 19. The average molecular weight is 809 g/mol. The lowest BCUT2D eigenvalue weighted by molar-refractivity contribution is -0.173. The van der Waals surface area contributed by atoms with Crippen LogP contribution in [0.4, 0.5) is 10.6 Å². The van der Waals surface area contributed by atoms with Gasteiger partial charge >= 0.3 is 31.8 Å². The van der Waals surface area contributed by atoms with E-state index in [-0.39, 0.29) is 36.9 Å². The standard InChI is InChI=1S/C36H53N6O13P/c1-9-24(10-2)16-48-33(45)35(14-11-15-35)41-56(47,51-20-49-34(46)52-23(7)8)50-17-26-28(53-31(43)21(3)4)29(54-32(44)22(5)6)36(18-37,55-26)27-13-12-25-30(38)39-19-40-42(25)27/h12-13,19,21-24,26,28-29H,9-11,14-17,20H2,1-8H3,(H,41,47)(H2,38,39,40)/t26-,28-,29-,36+,56+/m1/s1. The predicted octanol–water partition coefficient (Wildman–Crippen LogP) is 4.72. The molecular formula is C36H53N6O13P. The van der Waals surface area contributed by atoms with Crippen LogP contribution in [0.25, 0.3) is 5.52 Å². The van der Waals surface area contributed by atoms with Crippen molar-refractivity contribution in [3.05, 3.63) is 24.2 Å². The van der Waals surface area contributed by atoms with Crippen molar-refractivity contribution >= 4 is 43.1 Å². The van der Waals surface area contributed by atoms with E-state index in [2.05, 4.69) is 21.2 Å². The smallest absolute Gasteiger partial charge is 0.464 e. The fourth-order valence-electron chi connectivity index (χ4n) is 5.99. The highest BCUT2D eigenvalue weighted by Crippen LogP contribution is 2.52. The van der Waals surface area contributed by atoms with E-state index in [9.17, 15) is 29.0 Å². The molecule has 1 saturated heterocycles. The number of ether oxygens (including phenoxy) is 6. The zero-order chi connectivity index (χ0) is 41.4. The number of hydrogen-bond acceptors (Lipinski definition) is 17. The van der Waals surface area contributed by atoms with Crippen molar-refractivity contribution in [1.29, 1.82) is 5.26 Å². The monoisotopic (exact) mass is 808 g/mol. The van der Waals surface area contributed by atoms with Gasteiger partial charge in [0.1, 0.15) is 29.6 Å². The number of fused-ring (bicyclic) bond motifs is 1. The quantitative estimate of drug-likeness (QED) is 0.0843. The van der Waals surface area contributed by atoms with Crippen molar-refractivity contribution in [2.24, 2.45) is 17.8 Å². The van der Waals surface area contributed by atoms with E-state index in [0.29, 0.717) is 11.9 Å². The Labute approximate surface area is 325 Å². The van der Waals surface area contributed by atoms with Crippen LogP contribution in [0.5, 0.6) is 0 Å². The highest BCUT2D eigenvalue weighted by Gasteiger charge is 2.63. The minimum absolute atomic E-state index is 0.0435. The van der Waals surface area contributed by atoms with Crippen molar-refractivity contribution in [1.82, 2.24) is 19.7 Å². The number of nitrogens with two attached hydrogens (primary N) is 1. The molecule has 0 spiro atoms. The molecule has 2 fully saturated rings. The summed E-state index contributed by atoms with van der Waals surface area (Å²) in [6.45, 7) is 11.9. The molecule has 3 N–H and O–H groups in total. The summed E-state index contributed by atoms with van der Waals surface area (Å²) in [5.41, 5.74) is 2.71. The molecule has 0 radical (unpaired) electrons. The molecule has 0 amide bonds. The number of hydrogen-bond donors (Lipinski definition) is 2. The Bertz CT molecular complexity index is 1800. The Kier molecular flexibility index (Phi) is 14.8. The second-order valence-corrected chi connectivity index (χ2v) is 16.4. The average Bonchev–Trinajstić information content (AvgIpc) is 3.69. The van der Waals surface area contributed by atoms with Crippen LogP contribution in [0.15, 0.2) is 18.5 Å². The highest BCUT2D eigenvalue weighted by molar-refractivity contribution is 7.51. The number of carbonyl (C=O) groups is 4. The molecule has 1 saturated carbocycles. The molecule has 0 aromatic carbocycles. The van der Waals surface area contributed by atoms with Crippen LogP contribution in [-0.4, -0.2) is 88.6 Å². The van der Waals surface area contributed by atoms with E-state index >= 15 is 0 Å². The van der Waals surface area contributed by atoms with Gasteiger partial charge in [-0.25, -0.2) is 23.9 Å². The fraction of sp³-hybridized carbons (Fsp3) is 0.694. The third kappa shape index (κ3) is 9.96. The zero-order valence-electron chi connectivity index (χ0n) is 33.1. The minimum Gasteiger partial charge on any atom is -0.464 e. The first-order valence-electron chi connectivity index (χ1n) is 18.7. The Morgan fingerprint density at radius 3 is 2.27 bits per heavy atom. The SMILES string of the molecule is CCC(CC)COC(=O)C1(N[P@@](=O)(OCOC(=O)OC(C)C)OC[C@H]2O[C@@](C#N)(c3ccc4c(N)ncnn34)[C@H](OC(=O)C(C)C)[C@@H]2OC(=O)C(C)C)CCC1. The molecule has 2 aliphatic rings. The summed E-state index contributed by atoms with van der Waals surface area (Å²) in [7, 11) is -4.70. The summed E-state index contributed by atoms with van der Waals surface area (Å²) in [5, 5.41) is 17.9. The van der Waals surface area contributed by atoms with Gasteiger partial charge < -0.3 is 34.2 Å². The van der Waals surface area contributed by atoms with E-state index in [0.717, 1.165) is 19.2 Å². The van der Waals surface area contributed by atoms with Crippen LogP contribution < -0.4 is 10.8 Å². The maximum absolute atomic E-state index is 14.7. The van der Waals surface area contributed by atoms with Gasteiger partial charge in [-0.15, -0.1) is 0 Å². The van der Waals surface area contributed by atoms with Gasteiger partial charge in [-0.3, -0.25) is 23.4 Å². The summed E-state index contributed by atoms with van der Waals surface area (Å²) in [6, 6.07) is 5.10. The summed E-state index contributed by atoms with van der Waals surface area (Å²) in [5.74, 6) is -3.34. The van der Waals surface area contributed by atoms with Crippen molar-refractivity contribution in [2.45, 2.75) is 123 Å². The molecule has 19 nitrogen and oxygen atoms in total. The molecule has 4 rings (SSSR count). The number of carbonyl (C=O) groups excluding carboxylic acids is 4. The number of nitriles is 1. The Morgan fingerprint density at radius 2 is 1.70 bits per heavy atom. The molecule has 5 atom stereocenters. The molecular weight excluding hydrogens is 755 g/mol. The lowest BCUT2D eigenvalue weighted by Gasteiger charge is -2.41. The summed E-state index contributed by atoms with van der Waals surface area (Å²) >= 11 is 0. The van der Waals surface area contributed by atoms with Crippen molar-refractivity contribution in [2.75, 3.05) is 25.7 Å². The van der Waals surface area contributed by atoms with Gasteiger partial charge in [0, 0.05) is 0 Å². The van der Waals surface area contributed by atoms with Crippen molar-refractivity contribution in [3.8, 4) is 6.07 Å². The predicted molar refractivity (Wildman–Crippen MR) is 196 cm³/mol. The van der Waals surface area contributed by atoms with Gasteiger partial charge in [0.25, 0.3) is 0 Å². The van der Waals surface area contributed by atoms with Crippen LogP contribution >= 0.6 is 7.75 Å². The highest BCUT2D eigenvalue weighted by atomic mass is 31.2. The van der Waals surface area contributed by atoms with Gasteiger partial charge in [-0.2, -0.15) is 10.4 Å². The normalized spacial score (nSPS) is 22.7. The molecule has 310 valence electrons. The molecule has 1 aliphatic heterocycles. The fourth-order valence-corrected chi connectivity index (χ4v) is 7.57. The van der Waals surface area contributed by atoms with E-state index < -0.39 is 92.6 Å². The lowest BCUT2D eigenvalue weighted by Crippen LogP contribution is -2.57. The van der Waals surface area contributed by atoms with Crippen LogP contribution in [0.2, 0.25) is 0 Å². The Morgan fingerprint density at radius 1 is 1.04 bits per heavy atom. The molecule has 56 heavy (non-hydrogen) atoms. The summed E-state index contributed by atoms with van der Waals surface area (Å²) in [6.07, 6.45) is -2.57. The number of nitrogen functional groups attached to an aromatic ring is 1. The number of nitrogens with zero attached hydrogens (tertiary/aromatic N) is 4. The van der Waals surface area contributed by atoms with Gasteiger partial charge in [-0.1, -0.05) is 54.4 Å². The second kappa shape index (κ2) is 18.7. The Balaban J connectivity index is 1.74. The second-order valence-electron chi connectivity index (χ2n) is 14.7. The maximum Gasteiger partial charge on any atom is 0.510 e. The molecule has 0 unspecified atom stereocenters. The van der Waals surface area contributed by atoms with Gasteiger partial charge in [0.05, 0.1) is 36.8 Å². The first-order chi connectivity index (χ1) is 26.4. The van der Waals surface area contributed by atoms with E-state index in [1.54, 1.807) is 41.5 Å². The number of anilines is 1. The molecule has 1 aliphatic carbocycles. The van der Waals surface area contributed by atoms with E-state index in [1.165, 1.54) is 16.6 Å². The topological polar surface area (TPSA) is 251 Å². The van der Waals surface area contributed by atoms with Crippen molar-refractivity contribution in [3.63, 3.8) is 0 Å². The molecule has 2 aromatic heterocycles. The van der Waals surface area contributed by atoms with Crippen LogP contribution in [0.3, 0.4) is 0 Å². The van der Waals surface area contributed by atoms with Crippen molar-refractivity contribution < 1.29 is 61.2 Å². The Hall–Kier alpha value is -4.34. The van der Waals surface area contributed by atoms with Gasteiger partial charge in [-0.05, 0) is 51.2 Å². The summed E-state index contributed by atoms with van der Waals surface area (Å²) < 4.78 is 61.2. The maximum atomic E-state index is 14.7. The number of nitrogens with one attached hydrogen (secondary N) is 1. The van der Waals surface area contributed by atoms with Gasteiger partial charge in [0.15, 0.2) is 18.0 Å². The largest absolute Gasteiger partial charge is 0.510 e. The van der Waals surface area contributed by atoms with Crippen LogP contribution in [0, 0.1) is 29.1 Å². The van der Waals surface area contributed by atoms with Gasteiger partial charge in [0.2, 0.25) is 12.4 Å². The first-order valence-corrected chi connectivity index (χ1v) is 20.3. The molecule has 2 aromatic rings. The number of esters is 3. The molecule has 20 heteroatoms. The van der Waals surface area contributed by atoms with E-state index in [1.807, 2.05) is 13.8 Å². The minimum atomic E-state index is -4.70. The zero-order valence-corrected chi connectivity index (χ0v) is 33.9. The third-order valence-electron chi connectivity index (χ3n) is 9.56. The van der Waals surface area contributed by atoms with E-state index in [4.69, 9.17) is 43.2 Å². The lowest BCUT2D eigenvalue weighted by atomic mass is 9.78. The first kappa shape index (κ1) is 44.4. The third-order valence-corrected chi connectivity index (χ3v) is 11.2.